The third-order valence-electron chi connectivity index (χ3n) is 3.41. The molecule has 0 aliphatic heterocycles. The number of hydrogen-bond acceptors (Lipinski definition) is 3. The van der Waals surface area contributed by atoms with E-state index < -0.39 is 12.9 Å². The van der Waals surface area contributed by atoms with Gasteiger partial charge < -0.3 is 10.0 Å². The van der Waals surface area contributed by atoms with Crippen LogP contribution in [0.25, 0.3) is 0 Å². The van der Waals surface area contributed by atoms with E-state index in [2.05, 4.69) is 5.10 Å². The number of nitrogens with zero attached hydrogens (tertiary/aromatic N) is 2. The first-order valence-electron chi connectivity index (χ1n) is 6.05. The van der Waals surface area contributed by atoms with E-state index in [0.717, 1.165) is 22.5 Å². The second-order valence-electron chi connectivity index (χ2n) is 4.68. The second kappa shape index (κ2) is 5.15. The van der Waals surface area contributed by atoms with Gasteiger partial charge in [-0.15, -0.1) is 0 Å². The average molecular weight is 262 g/mol. The SMILES string of the molecule is Cc1nn(Cc2ccc(F)c(B(O)O)c2)c(C)c1C. The molecule has 2 rings (SSSR count). The van der Waals surface area contributed by atoms with Crippen LogP contribution in [0.2, 0.25) is 0 Å². The van der Waals surface area contributed by atoms with Gasteiger partial charge in [-0.2, -0.15) is 5.10 Å². The molecule has 100 valence electrons. The zero-order valence-electron chi connectivity index (χ0n) is 11.2. The second-order valence-corrected chi connectivity index (χ2v) is 4.68. The van der Waals surface area contributed by atoms with E-state index in [1.165, 1.54) is 12.1 Å². The normalized spacial score (nSPS) is 10.8. The fourth-order valence-electron chi connectivity index (χ4n) is 2.00. The Bertz CT molecular complexity index is 611. The van der Waals surface area contributed by atoms with Crippen molar-refractivity contribution in [2.75, 3.05) is 0 Å². The summed E-state index contributed by atoms with van der Waals surface area (Å²) in [5.74, 6) is -0.622. The fourth-order valence-corrected chi connectivity index (χ4v) is 2.00. The van der Waals surface area contributed by atoms with Gasteiger partial charge in [-0.25, -0.2) is 4.39 Å². The molecule has 0 spiro atoms. The standard InChI is InChI=1S/C13H16BFN2O2/c1-8-9(2)16-17(10(8)3)7-11-4-5-13(15)12(6-11)14(18)19/h4-6,18-19H,7H2,1-3H3. The molecule has 0 fully saturated rings. The van der Waals surface area contributed by atoms with Crippen LogP contribution in [0, 0.1) is 26.6 Å². The Hall–Kier alpha value is -1.66. The van der Waals surface area contributed by atoms with Gasteiger partial charge in [0.2, 0.25) is 0 Å². The Morgan fingerprint density at radius 3 is 2.47 bits per heavy atom. The maximum Gasteiger partial charge on any atom is 0.491 e. The predicted molar refractivity (Wildman–Crippen MR) is 71.8 cm³/mol. The topological polar surface area (TPSA) is 58.3 Å². The van der Waals surface area contributed by atoms with E-state index >= 15 is 0 Å². The molecular formula is C13H16BFN2O2. The number of hydrogen-bond donors (Lipinski definition) is 2. The Morgan fingerprint density at radius 2 is 1.95 bits per heavy atom. The van der Waals surface area contributed by atoms with Gasteiger partial charge in [0.25, 0.3) is 0 Å². The molecule has 4 nitrogen and oxygen atoms in total. The van der Waals surface area contributed by atoms with Crippen LogP contribution in [-0.2, 0) is 6.54 Å². The number of aryl methyl sites for hydroxylation is 1. The van der Waals surface area contributed by atoms with Gasteiger partial charge in [0.1, 0.15) is 5.82 Å². The molecule has 19 heavy (non-hydrogen) atoms. The molecule has 0 aliphatic rings. The van der Waals surface area contributed by atoms with Crippen LogP contribution >= 0.6 is 0 Å². The van der Waals surface area contributed by atoms with E-state index in [-0.39, 0.29) is 5.46 Å². The van der Waals surface area contributed by atoms with E-state index in [4.69, 9.17) is 10.0 Å². The molecule has 1 aromatic heterocycles. The van der Waals surface area contributed by atoms with Gasteiger partial charge in [-0.05, 0) is 38.0 Å². The molecule has 0 amide bonds. The summed E-state index contributed by atoms with van der Waals surface area (Å²) in [7, 11) is -1.80. The van der Waals surface area contributed by atoms with Crippen LogP contribution in [0.15, 0.2) is 18.2 Å². The maximum absolute atomic E-state index is 13.4. The summed E-state index contributed by atoms with van der Waals surface area (Å²) >= 11 is 0. The Kier molecular flexibility index (Phi) is 3.73. The summed E-state index contributed by atoms with van der Waals surface area (Å²) in [5, 5.41) is 22.6. The van der Waals surface area contributed by atoms with Gasteiger partial charge in [0.15, 0.2) is 0 Å². The Labute approximate surface area is 111 Å². The average Bonchev–Trinajstić information content (AvgIpc) is 2.59. The molecular weight excluding hydrogens is 246 g/mol. The first-order valence-corrected chi connectivity index (χ1v) is 6.05. The Balaban J connectivity index is 2.33. The third kappa shape index (κ3) is 2.69. The number of halogens is 1. The zero-order valence-corrected chi connectivity index (χ0v) is 11.2. The summed E-state index contributed by atoms with van der Waals surface area (Å²) in [6.45, 7) is 6.38. The van der Waals surface area contributed by atoms with Crippen LogP contribution in [0.1, 0.15) is 22.5 Å². The van der Waals surface area contributed by atoms with E-state index in [1.807, 2.05) is 25.5 Å². The monoisotopic (exact) mass is 262 g/mol. The molecule has 0 atom stereocenters. The molecule has 0 saturated heterocycles. The van der Waals surface area contributed by atoms with Gasteiger partial charge >= 0.3 is 7.12 Å². The molecule has 0 unspecified atom stereocenters. The van der Waals surface area contributed by atoms with Crippen molar-refractivity contribution in [2.24, 2.45) is 0 Å². The predicted octanol–water partition coefficient (Wildman–Crippen LogP) is 0.676. The lowest BCUT2D eigenvalue weighted by molar-refractivity contribution is 0.423. The van der Waals surface area contributed by atoms with Crippen LogP contribution in [-0.4, -0.2) is 26.9 Å². The van der Waals surface area contributed by atoms with E-state index in [1.54, 1.807) is 6.07 Å². The van der Waals surface area contributed by atoms with Crippen molar-refractivity contribution in [2.45, 2.75) is 27.3 Å². The summed E-state index contributed by atoms with van der Waals surface area (Å²) in [5.41, 5.74) is 3.80. The highest BCUT2D eigenvalue weighted by atomic mass is 19.1. The van der Waals surface area contributed by atoms with Crippen LogP contribution in [0.4, 0.5) is 4.39 Å². The molecule has 0 aliphatic carbocycles. The van der Waals surface area contributed by atoms with Crippen molar-refractivity contribution >= 4 is 12.6 Å². The lowest BCUT2D eigenvalue weighted by Gasteiger charge is -2.08. The summed E-state index contributed by atoms with van der Waals surface area (Å²) in [6, 6.07) is 4.31. The summed E-state index contributed by atoms with van der Waals surface area (Å²) in [6.07, 6.45) is 0. The molecule has 2 N–H and O–H groups in total. The lowest BCUT2D eigenvalue weighted by atomic mass is 9.79. The summed E-state index contributed by atoms with van der Waals surface area (Å²) in [4.78, 5) is 0. The van der Waals surface area contributed by atoms with Crippen molar-refractivity contribution in [3.05, 3.63) is 46.5 Å². The van der Waals surface area contributed by atoms with Gasteiger partial charge in [0.05, 0.1) is 12.2 Å². The number of aromatic nitrogens is 2. The number of benzene rings is 1. The Morgan fingerprint density at radius 1 is 1.26 bits per heavy atom. The molecule has 1 aromatic carbocycles. The summed E-state index contributed by atoms with van der Waals surface area (Å²) < 4.78 is 15.2. The largest absolute Gasteiger partial charge is 0.491 e. The zero-order chi connectivity index (χ0) is 14.2. The van der Waals surface area contributed by atoms with E-state index in [0.29, 0.717) is 6.54 Å². The molecule has 0 saturated carbocycles. The van der Waals surface area contributed by atoms with Gasteiger partial charge in [-0.1, -0.05) is 12.1 Å². The van der Waals surface area contributed by atoms with Gasteiger partial charge in [-0.3, -0.25) is 4.68 Å². The minimum absolute atomic E-state index is 0.115. The quantitative estimate of drug-likeness (QED) is 0.799. The molecule has 2 aromatic rings. The first-order chi connectivity index (χ1) is 8.90. The van der Waals surface area contributed by atoms with Crippen molar-refractivity contribution in [1.29, 1.82) is 0 Å². The smallest absolute Gasteiger partial charge is 0.423 e. The highest BCUT2D eigenvalue weighted by molar-refractivity contribution is 6.58. The minimum Gasteiger partial charge on any atom is -0.423 e. The van der Waals surface area contributed by atoms with Crippen LogP contribution in [0.3, 0.4) is 0 Å². The van der Waals surface area contributed by atoms with Gasteiger partial charge in [0, 0.05) is 11.2 Å². The first kappa shape index (κ1) is 13.8. The maximum atomic E-state index is 13.4. The van der Waals surface area contributed by atoms with Crippen molar-refractivity contribution in [1.82, 2.24) is 9.78 Å². The van der Waals surface area contributed by atoms with Crippen LogP contribution < -0.4 is 5.46 Å². The highest BCUT2D eigenvalue weighted by Gasteiger charge is 2.17. The van der Waals surface area contributed by atoms with Crippen LogP contribution in [0.5, 0.6) is 0 Å². The minimum atomic E-state index is -1.80. The van der Waals surface area contributed by atoms with Crippen molar-refractivity contribution in [3.63, 3.8) is 0 Å². The highest BCUT2D eigenvalue weighted by Crippen LogP contribution is 2.13. The molecule has 6 heteroatoms. The third-order valence-corrected chi connectivity index (χ3v) is 3.41. The fraction of sp³-hybridized carbons (Fsp3) is 0.308. The molecule has 0 radical (unpaired) electrons. The number of rotatable bonds is 3. The molecule has 1 heterocycles. The lowest BCUT2D eigenvalue weighted by Crippen LogP contribution is -2.33. The van der Waals surface area contributed by atoms with Crippen molar-refractivity contribution < 1.29 is 14.4 Å². The van der Waals surface area contributed by atoms with Crippen molar-refractivity contribution in [3.8, 4) is 0 Å². The van der Waals surface area contributed by atoms with E-state index in [9.17, 15) is 4.39 Å². The molecule has 0 bridgehead atoms.